The molecule has 2 rings (SSSR count). The molecule has 0 spiro atoms. The number of carboxylic acids is 1. The molecule has 0 aliphatic heterocycles. The van der Waals surface area contributed by atoms with Gasteiger partial charge in [0, 0.05) is 12.6 Å². The minimum absolute atomic E-state index is 0.104. The largest absolute Gasteiger partial charge is 0.481 e. The van der Waals surface area contributed by atoms with Crippen LogP contribution in [-0.4, -0.2) is 29.7 Å². The Kier molecular flexibility index (Phi) is 3.75. The Balaban J connectivity index is 1.96. The van der Waals surface area contributed by atoms with Gasteiger partial charge in [-0.3, -0.25) is 4.79 Å². The van der Waals surface area contributed by atoms with E-state index in [0.717, 1.165) is 6.42 Å². The first-order chi connectivity index (χ1) is 9.49. The normalized spacial score (nSPS) is 33.8. The SMILES string of the molecule is CC(C)(CNC(=O)NC1C2(C)CCC(C2)C1(C)C)C(=O)O. The van der Waals surface area contributed by atoms with Gasteiger partial charge in [0.2, 0.25) is 0 Å². The molecule has 2 aliphatic carbocycles. The molecule has 0 aromatic carbocycles. The van der Waals surface area contributed by atoms with Crippen molar-refractivity contribution in [3.8, 4) is 0 Å². The zero-order chi connectivity index (χ0) is 16.1. The molecule has 0 aromatic rings. The summed E-state index contributed by atoms with van der Waals surface area (Å²) in [5.74, 6) is -0.238. The van der Waals surface area contributed by atoms with Gasteiger partial charge in [0.1, 0.15) is 0 Å². The number of hydrogen-bond acceptors (Lipinski definition) is 2. The molecule has 5 nitrogen and oxygen atoms in total. The number of amides is 2. The van der Waals surface area contributed by atoms with Gasteiger partial charge in [-0.05, 0) is 49.9 Å². The monoisotopic (exact) mass is 296 g/mol. The first-order valence-electron chi connectivity index (χ1n) is 7.77. The number of fused-ring (bicyclic) bond motifs is 2. The van der Waals surface area contributed by atoms with E-state index in [1.54, 1.807) is 13.8 Å². The van der Waals surface area contributed by atoms with Gasteiger partial charge in [-0.25, -0.2) is 4.79 Å². The fourth-order valence-electron chi connectivity index (χ4n) is 4.22. The highest BCUT2D eigenvalue weighted by Crippen LogP contribution is 2.62. The number of aliphatic carboxylic acids is 1. The standard InChI is InChI=1S/C16H28N2O3/c1-14(2,12(19)20)9-17-13(21)18-11-15(3,4)10-6-7-16(11,5)8-10/h10-11H,6-9H2,1-5H3,(H,19,20)(H2,17,18,21). The molecule has 120 valence electrons. The van der Waals surface area contributed by atoms with E-state index in [9.17, 15) is 9.59 Å². The van der Waals surface area contributed by atoms with Gasteiger partial charge in [0.25, 0.3) is 0 Å². The van der Waals surface area contributed by atoms with Crippen molar-refractivity contribution in [2.45, 2.75) is 59.9 Å². The van der Waals surface area contributed by atoms with Gasteiger partial charge < -0.3 is 15.7 Å². The first-order valence-corrected chi connectivity index (χ1v) is 7.77. The average Bonchev–Trinajstić information content (AvgIpc) is 2.83. The molecule has 21 heavy (non-hydrogen) atoms. The molecule has 2 saturated carbocycles. The lowest BCUT2D eigenvalue weighted by atomic mass is 9.68. The fourth-order valence-corrected chi connectivity index (χ4v) is 4.22. The van der Waals surface area contributed by atoms with E-state index >= 15 is 0 Å². The summed E-state index contributed by atoms with van der Waals surface area (Å²) >= 11 is 0. The van der Waals surface area contributed by atoms with Crippen molar-refractivity contribution in [1.29, 1.82) is 0 Å². The number of carboxylic acid groups (broad SMARTS) is 1. The lowest BCUT2D eigenvalue weighted by molar-refractivity contribution is -0.146. The van der Waals surface area contributed by atoms with Gasteiger partial charge in [0.05, 0.1) is 5.41 Å². The summed E-state index contributed by atoms with van der Waals surface area (Å²) in [7, 11) is 0. The first kappa shape index (κ1) is 16.1. The highest BCUT2D eigenvalue weighted by Gasteiger charge is 2.59. The summed E-state index contributed by atoms with van der Waals surface area (Å²) in [6, 6.07) is -0.104. The Hall–Kier alpha value is -1.26. The van der Waals surface area contributed by atoms with Crippen molar-refractivity contribution >= 4 is 12.0 Å². The van der Waals surface area contributed by atoms with E-state index in [4.69, 9.17) is 5.11 Å². The zero-order valence-electron chi connectivity index (χ0n) is 13.7. The van der Waals surface area contributed by atoms with Crippen LogP contribution in [0.4, 0.5) is 4.79 Å². The summed E-state index contributed by atoms with van der Waals surface area (Å²) < 4.78 is 0. The van der Waals surface area contributed by atoms with E-state index in [0.29, 0.717) is 5.92 Å². The number of carbonyl (C=O) groups excluding carboxylic acids is 1. The highest BCUT2D eigenvalue weighted by atomic mass is 16.4. The lowest BCUT2D eigenvalue weighted by Gasteiger charge is -2.43. The van der Waals surface area contributed by atoms with Crippen LogP contribution in [0.1, 0.15) is 53.9 Å². The van der Waals surface area contributed by atoms with Crippen LogP contribution in [0.25, 0.3) is 0 Å². The van der Waals surface area contributed by atoms with Gasteiger partial charge in [0.15, 0.2) is 0 Å². The van der Waals surface area contributed by atoms with Crippen LogP contribution in [0.5, 0.6) is 0 Å². The maximum atomic E-state index is 12.2. The minimum atomic E-state index is -0.953. The Labute approximate surface area is 126 Å². The Bertz CT molecular complexity index is 454. The molecular formula is C16H28N2O3. The van der Waals surface area contributed by atoms with E-state index in [1.807, 2.05) is 0 Å². The second kappa shape index (κ2) is 4.89. The maximum absolute atomic E-state index is 12.2. The van der Waals surface area contributed by atoms with Crippen LogP contribution in [-0.2, 0) is 4.79 Å². The molecule has 3 N–H and O–H groups in total. The molecule has 3 atom stereocenters. The number of carbonyl (C=O) groups is 2. The van der Waals surface area contributed by atoms with E-state index in [2.05, 4.69) is 31.4 Å². The van der Waals surface area contributed by atoms with Crippen molar-refractivity contribution in [1.82, 2.24) is 10.6 Å². The molecule has 0 saturated heterocycles. The van der Waals surface area contributed by atoms with Crippen molar-refractivity contribution in [2.75, 3.05) is 6.54 Å². The maximum Gasteiger partial charge on any atom is 0.315 e. The second-order valence-electron chi connectivity index (χ2n) is 8.36. The number of urea groups is 1. The minimum Gasteiger partial charge on any atom is -0.481 e. The molecule has 2 amide bonds. The molecule has 5 heteroatoms. The van der Waals surface area contributed by atoms with Crippen molar-refractivity contribution in [3.05, 3.63) is 0 Å². The van der Waals surface area contributed by atoms with Crippen molar-refractivity contribution in [2.24, 2.45) is 22.2 Å². The predicted molar refractivity (Wildman–Crippen MR) is 81.0 cm³/mol. The Morgan fingerprint density at radius 1 is 1.29 bits per heavy atom. The molecule has 3 unspecified atom stereocenters. The average molecular weight is 296 g/mol. The fraction of sp³-hybridized carbons (Fsp3) is 0.875. The van der Waals surface area contributed by atoms with Crippen LogP contribution in [0.2, 0.25) is 0 Å². The molecule has 0 radical (unpaired) electrons. The molecule has 2 fully saturated rings. The van der Waals surface area contributed by atoms with E-state index < -0.39 is 11.4 Å². The van der Waals surface area contributed by atoms with Crippen LogP contribution in [0, 0.1) is 22.2 Å². The van der Waals surface area contributed by atoms with E-state index in [-0.39, 0.29) is 29.4 Å². The predicted octanol–water partition coefficient (Wildman–Crippen LogP) is 2.61. The van der Waals surface area contributed by atoms with Crippen LogP contribution in [0.3, 0.4) is 0 Å². The van der Waals surface area contributed by atoms with E-state index in [1.165, 1.54) is 12.8 Å². The van der Waals surface area contributed by atoms with Gasteiger partial charge >= 0.3 is 12.0 Å². The van der Waals surface area contributed by atoms with Gasteiger partial charge in [-0.1, -0.05) is 20.8 Å². The summed E-state index contributed by atoms with van der Waals surface area (Å²) in [5.41, 5.74) is -0.675. The third-order valence-corrected chi connectivity index (χ3v) is 5.82. The van der Waals surface area contributed by atoms with Crippen LogP contribution in [0.15, 0.2) is 0 Å². The summed E-state index contributed by atoms with van der Waals surface area (Å²) in [4.78, 5) is 23.2. The van der Waals surface area contributed by atoms with Gasteiger partial charge in [-0.2, -0.15) is 0 Å². The second-order valence-corrected chi connectivity index (χ2v) is 8.36. The number of hydrogen-bond donors (Lipinski definition) is 3. The molecule has 2 aliphatic rings. The number of rotatable bonds is 4. The summed E-state index contributed by atoms with van der Waals surface area (Å²) in [6.45, 7) is 10.1. The number of nitrogens with one attached hydrogen (secondary N) is 2. The van der Waals surface area contributed by atoms with Crippen molar-refractivity contribution < 1.29 is 14.7 Å². The smallest absolute Gasteiger partial charge is 0.315 e. The summed E-state index contributed by atoms with van der Waals surface area (Å²) in [6.07, 6.45) is 3.58. The van der Waals surface area contributed by atoms with Crippen molar-refractivity contribution in [3.63, 3.8) is 0 Å². The molecule has 0 aromatic heterocycles. The zero-order valence-corrected chi connectivity index (χ0v) is 13.7. The summed E-state index contributed by atoms with van der Waals surface area (Å²) in [5, 5.41) is 14.9. The molecular weight excluding hydrogens is 268 g/mol. The highest BCUT2D eigenvalue weighted by molar-refractivity contribution is 5.77. The van der Waals surface area contributed by atoms with Gasteiger partial charge in [-0.15, -0.1) is 0 Å². The Morgan fingerprint density at radius 3 is 2.38 bits per heavy atom. The molecule has 2 bridgehead atoms. The topological polar surface area (TPSA) is 78.4 Å². The van der Waals surface area contributed by atoms with Crippen LogP contribution < -0.4 is 10.6 Å². The third kappa shape index (κ3) is 2.74. The third-order valence-electron chi connectivity index (χ3n) is 5.82. The van der Waals surface area contributed by atoms with Crippen LogP contribution >= 0.6 is 0 Å². The Morgan fingerprint density at radius 2 is 1.90 bits per heavy atom. The molecule has 0 heterocycles. The lowest BCUT2D eigenvalue weighted by Crippen LogP contribution is -2.55. The quantitative estimate of drug-likeness (QED) is 0.746.